The standard InChI is InChI=1S/C26H24O6/c1-29-19-11-9-18(10-12-19)26(21(13-14-27)17-7-5-4-6-8-17)25(28)24-22(31-3)15-20(30-2)16-23(24)32-26/h4-12,14-16,21H,13H2,1-3H3/t21-,26+/m1/s1. The van der Waals surface area contributed by atoms with Crippen molar-refractivity contribution in [2.75, 3.05) is 21.3 Å². The molecule has 4 rings (SSSR count). The summed E-state index contributed by atoms with van der Waals surface area (Å²) in [5.74, 6) is 1.04. The summed E-state index contributed by atoms with van der Waals surface area (Å²) < 4.78 is 22.7. The van der Waals surface area contributed by atoms with Crippen molar-refractivity contribution in [2.45, 2.75) is 17.9 Å². The zero-order chi connectivity index (χ0) is 22.7. The summed E-state index contributed by atoms with van der Waals surface area (Å²) in [6, 6.07) is 19.9. The molecule has 0 fully saturated rings. The summed E-state index contributed by atoms with van der Waals surface area (Å²) in [5, 5.41) is 0. The first-order chi connectivity index (χ1) is 15.6. The maximum Gasteiger partial charge on any atom is 0.219 e. The number of rotatable bonds is 8. The Kier molecular flexibility index (Phi) is 5.86. The van der Waals surface area contributed by atoms with Crippen LogP contribution in [-0.4, -0.2) is 33.4 Å². The van der Waals surface area contributed by atoms with Gasteiger partial charge in [0.1, 0.15) is 34.8 Å². The number of methoxy groups -OCH3 is 3. The minimum atomic E-state index is -1.46. The first-order valence-corrected chi connectivity index (χ1v) is 10.2. The lowest BCUT2D eigenvalue weighted by Crippen LogP contribution is -2.43. The molecule has 0 amide bonds. The first kappa shape index (κ1) is 21.4. The quantitative estimate of drug-likeness (QED) is 0.486. The van der Waals surface area contributed by atoms with E-state index in [0.717, 1.165) is 11.8 Å². The zero-order valence-corrected chi connectivity index (χ0v) is 18.2. The highest BCUT2D eigenvalue weighted by atomic mass is 16.5. The number of hydrogen-bond acceptors (Lipinski definition) is 6. The van der Waals surface area contributed by atoms with E-state index >= 15 is 0 Å². The van der Waals surface area contributed by atoms with Gasteiger partial charge in [0, 0.05) is 30.0 Å². The minimum Gasteiger partial charge on any atom is -0.497 e. The van der Waals surface area contributed by atoms with Crippen molar-refractivity contribution < 1.29 is 28.5 Å². The molecule has 0 aromatic heterocycles. The fraction of sp³-hybridized carbons (Fsp3) is 0.231. The molecule has 32 heavy (non-hydrogen) atoms. The first-order valence-electron chi connectivity index (χ1n) is 10.2. The van der Waals surface area contributed by atoms with Gasteiger partial charge in [0.25, 0.3) is 0 Å². The molecule has 0 saturated carbocycles. The maximum atomic E-state index is 14.1. The van der Waals surface area contributed by atoms with Crippen LogP contribution in [0.3, 0.4) is 0 Å². The second kappa shape index (κ2) is 8.75. The van der Waals surface area contributed by atoms with Gasteiger partial charge in [-0.1, -0.05) is 42.5 Å². The van der Waals surface area contributed by atoms with Gasteiger partial charge < -0.3 is 23.7 Å². The van der Waals surface area contributed by atoms with Crippen LogP contribution in [0.2, 0.25) is 0 Å². The van der Waals surface area contributed by atoms with Crippen molar-refractivity contribution in [3.8, 4) is 23.0 Å². The van der Waals surface area contributed by atoms with E-state index in [1.54, 1.807) is 43.5 Å². The summed E-state index contributed by atoms with van der Waals surface area (Å²) in [6.45, 7) is 0. The number of carbonyl (C=O) groups excluding carboxylic acids is 2. The van der Waals surface area contributed by atoms with E-state index in [1.807, 2.05) is 30.3 Å². The molecule has 3 aromatic carbocycles. The molecule has 0 unspecified atom stereocenters. The topological polar surface area (TPSA) is 71.1 Å². The average molecular weight is 432 g/mol. The summed E-state index contributed by atoms with van der Waals surface area (Å²) in [7, 11) is 4.61. The molecular weight excluding hydrogens is 408 g/mol. The highest BCUT2D eigenvalue weighted by Gasteiger charge is 2.56. The molecule has 6 heteroatoms. The van der Waals surface area contributed by atoms with Crippen molar-refractivity contribution in [1.82, 2.24) is 0 Å². The summed E-state index contributed by atoms with van der Waals surface area (Å²) >= 11 is 0. The maximum absolute atomic E-state index is 14.1. The van der Waals surface area contributed by atoms with Crippen LogP contribution in [0.25, 0.3) is 0 Å². The third-order valence-corrected chi connectivity index (χ3v) is 5.87. The Bertz CT molecular complexity index is 1120. The molecule has 164 valence electrons. The molecule has 0 radical (unpaired) electrons. The predicted molar refractivity (Wildman–Crippen MR) is 119 cm³/mol. The van der Waals surface area contributed by atoms with Gasteiger partial charge in [0.2, 0.25) is 11.4 Å². The Morgan fingerprint density at radius 1 is 0.906 bits per heavy atom. The lowest BCUT2D eigenvalue weighted by molar-refractivity contribution is -0.109. The molecule has 2 atom stereocenters. The Balaban J connectivity index is 1.98. The van der Waals surface area contributed by atoms with Gasteiger partial charge in [-0.05, 0) is 17.7 Å². The van der Waals surface area contributed by atoms with Gasteiger partial charge in [-0.3, -0.25) is 4.79 Å². The summed E-state index contributed by atoms with van der Waals surface area (Å²) in [6.07, 6.45) is 0.912. The molecule has 6 nitrogen and oxygen atoms in total. The largest absolute Gasteiger partial charge is 0.497 e. The van der Waals surface area contributed by atoms with Crippen molar-refractivity contribution in [3.63, 3.8) is 0 Å². The van der Waals surface area contributed by atoms with Crippen molar-refractivity contribution in [2.24, 2.45) is 0 Å². The normalized spacial score (nSPS) is 17.8. The Morgan fingerprint density at radius 2 is 1.59 bits per heavy atom. The number of ketones is 1. The third-order valence-electron chi connectivity index (χ3n) is 5.87. The fourth-order valence-electron chi connectivity index (χ4n) is 4.33. The second-order valence-electron chi connectivity index (χ2n) is 7.46. The van der Waals surface area contributed by atoms with Crippen LogP contribution < -0.4 is 18.9 Å². The fourth-order valence-corrected chi connectivity index (χ4v) is 4.33. The van der Waals surface area contributed by atoms with Gasteiger partial charge in [-0.25, -0.2) is 0 Å². The Morgan fingerprint density at radius 3 is 2.19 bits per heavy atom. The highest BCUT2D eigenvalue weighted by Crippen LogP contribution is 2.53. The monoisotopic (exact) mass is 432 g/mol. The summed E-state index contributed by atoms with van der Waals surface area (Å²) in [4.78, 5) is 25.9. The molecule has 0 aliphatic carbocycles. The van der Waals surface area contributed by atoms with Crippen LogP contribution in [0.4, 0.5) is 0 Å². The van der Waals surface area contributed by atoms with E-state index in [-0.39, 0.29) is 12.2 Å². The second-order valence-corrected chi connectivity index (χ2v) is 7.46. The molecular formula is C26H24O6. The van der Waals surface area contributed by atoms with E-state index in [2.05, 4.69) is 0 Å². The lowest BCUT2D eigenvalue weighted by Gasteiger charge is -2.35. The van der Waals surface area contributed by atoms with Crippen LogP contribution in [0.15, 0.2) is 66.7 Å². The van der Waals surface area contributed by atoms with Crippen LogP contribution in [-0.2, 0) is 10.4 Å². The van der Waals surface area contributed by atoms with Gasteiger partial charge >= 0.3 is 0 Å². The minimum absolute atomic E-state index is 0.0925. The number of fused-ring (bicyclic) bond motifs is 1. The molecule has 1 aliphatic rings. The van der Waals surface area contributed by atoms with Crippen molar-refractivity contribution >= 4 is 12.1 Å². The van der Waals surface area contributed by atoms with Crippen LogP contribution in [0, 0.1) is 0 Å². The number of ether oxygens (including phenoxy) is 4. The third kappa shape index (κ3) is 3.38. The zero-order valence-electron chi connectivity index (χ0n) is 18.2. The SMILES string of the molecule is COc1ccc([C@@]2([C@H](CC=O)c3ccccc3)Oc3cc(OC)cc(OC)c3C2=O)cc1. The van der Waals surface area contributed by atoms with E-state index < -0.39 is 11.5 Å². The molecule has 0 bridgehead atoms. The lowest BCUT2D eigenvalue weighted by atomic mass is 9.72. The van der Waals surface area contributed by atoms with Crippen molar-refractivity contribution in [3.05, 3.63) is 83.4 Å². The van der Waals surface area contributed by atoms with Gasteiger partial charge in [-0.2, -0.15) is 0 Å². The molecule has 0 N–H and O–H groups in total. The highest BCUT2D eigenvalue weighted by molar-refractivity contribution is 6.11. The summed E-state index contributed by atoms with van der Waals surface area (Å²) in [5.41, 5.74) is 0.311. The van der Waals surface area contributed by atoms with E-state index in [9.17, 15) is 9.59 Å². The van der Waals surface area contributed by atoms with Crippen LogP contribution >= 0.6 is 0 Å². The molecule has 3 aromatic rings. The van der Waals surface area contributed by atoms with E-state index in [0.29, 0.717) is 34.1 Å². The smallest absolute Gasteiger partial charge is 0.219 e. The molecule has 1 aliphatic heterocycles. The van der Waals surface area contributed by atoms with Crippen molar-refractivity contribution in [1.29, 1.82) is 0 Å². The van der Waals surface area contributed by atoms with Gasteiger partial charge in [0.05, 0.1) is 21.3 Å². The van der Waals surface area contributed by atoms with Crippen LogP contribution in [0.1, 0.15) is 33.8 Å². The number of hydrogen-bond donors (Lipinski definition) is 0. The predicted octanol–water partition coefficient (Wildman–Crippen LogP) is 4.56. The number of benzene rings is 3. The molecule has 0 spiro atoms. The van der Waals surface area contributed by atoms with E-state index in [4.69, 9.17) is 18.9 Å². The number of Topliss-reactive ketones (excluding diaryl/α,β-unsaturated/α-hetero) is 1. The molecule has 0 saturated heterocycles. The van der Waals surface area contributed by atoms with E-state index in [1.165, 1.54) is 14.2 Å². The Labute approximate surface area is 186 Å². The Hall–Kier alpha value is -3.80. The van der Waals surface area contributed by atoms with Gasteiger partial charge in [-0.15, -0.1) is 0 Å². The number of aldehydes is 1. The number of carbonyl (C=O) groups is 2. The average Bonchev–Trinajstić information content (AvgIpc) is 3.15. The van der Waals surface area contributed by atoms with Crippen LogP contribution in [0.5, 0.6) is 23.0 Å². The molecule has 1 heterocycles. The van der Waals surface area contributed by atoms with Gasteiger partial charge in [0.15, 0.2) is 0 Å².